The molecule has 0 radical (unpaired) electrons. The topological polar surface area (TPSA) is 53.4 Å². The minimum Gasteiger partial charge on any atom is -0.481 e. The van der Waals surface area contributed by atoms with Gasteiger partial charge in [-0.1, -0.05) is 17.7 Å². The van der Waals surface area contributed by atoms with Gasteiger partial charge in [-0.25, -0.2) is 0 Å². The fourth-order valence-electron chi connectivity index (χ4n) is 2.97. The number of carbonyl (C=O) groups is 1. The number of carboxylic acid groups (broad SMARTS) is 1. The van der Waals surface area contributed by atoms with E-state index in [0.29, 0.717) is 18.1 Å². The van der Waals surface area contributed by atoms with E-state index in [1.54, 1.807) is 6.20 Å². The van der Waals surface area contributed by atoms with Crippen LogP contribution in [0, 0.1) is 5.92 Å². The van der Waals surface area contributed by atoms with E-state index >= 15 is 0 Å². The molecule has 0 unspecified atom stereocenters. The molecule has 4 nitrogen and oxygen atoms in total. The number of nitrogens with zero attached hydrogens (tertiary/aromatic N) is 2. The third-order valence-corrected chi connectivity index (χ3v) is 4.38. The van der Waals surface area contributed by atoms with E-state index in [-0.39, 0.29) is 5.92 Å². The molecule has 0 saturated carbocycles. The third-order valence-electron chi connectivity index (χ3n) is 4.05. The summed E-state index contributed by atoms with van der Waals surface area (Å²) in [6, 6.07) is 7.71. The van der Waals surface area contributed by atoms with Gasteiger partial charge in [0.1, 0.15) is 0 Å². The van der Waals surface area contributed by atoms with Crippen LogP contribution in [0.25, 0.3) is 10.9 Å². The Morgan fingerprint density at radius 1 is 1.43 bits per heavy atom. The van der Waals surface area contributed by atoms with Crippen LogP contribution in [0.15, 0.2) is 30.5 Å². The number of fused-ring (bicyclic) bond motifs is 1. The maximum Gasteiger partial charge on any atom is 0.307 e. The van der Waals surface area contributed by atoms with Gasteiger partial charge in [-0.15, -0.1) is 0 Å². The lowest BCUT2D eigenvalue weighted by Crippen LogP contribution is -2.38. The first-order chi connectivity index (χ1) is 10.1. The highest BCUT2D eigenvalue weighted by molar-refractivity contribution is 6.35. The molecule has 5 heteroatoms. The van der Waals surface area contributed by atoms with Crippen molar-refractivity contribution in [1.82, 2.24) is 9.88 Å². The summed E-state index contributed by atoms with van der Waals surface area (Å²) in [4.78, 5) is 17.8. The number of benzene rings is 1. The standard InChI is InChI=1S/C16H17ClN2O2/c17-14-6-5-11(15-13(14)4-1-7-18-15)9-19-8-2-3-12(10-19)16(20)21/h1,4-7,12H,2-3,8-10H2,(H,20,21)/t12-/m1/s1. The lowest BCUT2D eigenvalue weighted by atomic mass is 9.97. The number of likely N-dealkylation sites (tertiary alicyclic amines) is 1. The van der Waals surface area contributed by atoms with E-state index in [4.69, 9.17) is 11.6 Å². The van der Waals surface area contributed by atoms with E-state index in [2.05, 4.69) is 9.88 Å². The molecule has 1 aliphatic heterocycles. The van der Waals surface area contributed by atoms with E-state index < -0.39 is 5.97 Å². The summed E-state index contributed by atoms with van der Waals surface area (Å²) < 4.78 is 0. The van der Waals surface area contributed by atoms with Gasteiger partial charge in [0.25, 0.3) is 0 Å². The number of rotatable bonds is 3. The Hall–Kier alpha value is -1.65. The van der Waals surface area contributed by atoms with Crippen LogP contribution in [0.1, 0.15) is 18.4 Å². The van der Waals surface area contributed by atoms with Crippen molar-refractivity contribution in [3.63, 3.8) is 0 Å². The second-order valence-electron chi connectivity index (χ2n) is 5.52. The number of aromatic nitrogens is 1. The van der Waals surface area contributed by atoms with E-state index in [1.807, 2.05) is 24.3 Å². The van der Waals surface area contributed by atoms with Crippen LogP contribution in [-0.4, -0.2) is 34.0 Å². The summed E-state index contributed by atoms with van der Waals surface area (Å²) in [6.07, 6.45) is 3.46. The quantitative estimate of drug-likeness (QED) is 0.946. The van der Waals surface area contributed by atoms with Crippen molar-refractivity contribution < 1.29 is 9.90 Å². The summed E-state index contributed by atoms with van der Waals surface area (Å²) in [7, 11) is 0. The molecule has 21 heavy (non-hydrogen) atoms. The molecule has 1 aromatic heterocycles. The number of hydrogen-bond acceptors (Lipinski definition) is 3. The van der Waals surface area contributed by atoms with Crippen LogP contribution in [0.4, 0.5) is 0 Å². The highest BCUT2D eigenvalue weighted by atomic mass is 35.5. The first kappa shape index (κ1) is 14.3. The summed E-state index contributed by atoms with van der Waals surface area (Å²) >= 11 is 6.21. The van der Waals surface area contributed by atoms with Crippen LogP contribution < -0.4 is 0 Å². The van der Waals surface area contributed by atoms with Crippen LogP contribution in [-0.2, 0) is 11.3 Å². The van der Waals surface area contributed by atoms with Crippen LogP contribution in [0.2, 0.25) is 5.02 Å². The average Bonchev–Trinajstić information content (AvgIpc) is 2.51. The van der Waals surface area contributed by atoms with Crippen molar-refractivity contribution in [1.29, 1.82) is 0 Å². The monoisotopic (exact) mass is 304 g/mol. The van der Waals surface area contributed by atoms with Gasteiger partial charge in [-0.05, 0) is 43.1 Å². The molecule has 1 aliphatic rings. The zero-order chi connectivity index (χ0) is 14.8. The molecule has 1 saturated heterocycles. The minimum atomic E-state index is -0.696. The molecular formula is C16H17ClN2O2. The van der Waals surface area contributed by atoms with Crippen LogP contribution in [0.3, 0.4) is 0 Å². The lowest BCUT2D eigenvalue weighted by molar-refractivity contribution is -0.143. The van der Waals surface area contributed by atoms with Gasteiger partial charge >= 0.3 is 5.97 Å². The molecular weight excluding hydrogens is 288 g/mol. The second kappa shape index (κ2) is 6.00. The SMILES string of the molecule is O=C(O)[C@@H]1CCCN(Cc2ccc(Cl)c3cccnc23)C1. The van der Waals surface area contributed by atoms with Crippen LogP contribution >= 0.6 is 11.6 Å². The molecule has 3 rings (SSSR count). The number of hydrogen-bond donors (Lipinski definition) is 1. The Labute approximate surface area is 128 Å². The van der Waals surface area contributed by atoms with Gasteiger partial charge in [-0.2, -0.15) is 0 Å². The number of halogens is 1. The average molecular weight is 305 g/mol. The van der Waals surface area contributed by atoms with Gasteiger partial charge in [-0.3, -0.25) is 14.7 Å². The van der Waals surface area contributed by atoms with Crippen molar-refractivity contribution in [3.05, 3.63) is 41.0 Å². The molecule has 0 spiro atoms. The van der Waals surface area contributed by atoms with Crippen molar-refractivity contribution in [2.75, 3.05) is 13.1 Å². The van der Waals surface area contributed by atoms with Gasteiger partial charge in [0.2, 0.25) is 0 Å². The molecule has 1 atom stereocenters. The predicted molar refractivity (Wildman–Crippen MR) is 82.4 cm³/mol. The fraction of sp³-hybridized carbons (Fsp3) is 0.375. The zero-order valence-corrected chi connectivity index (χ0v) is 12.4. The van der Waals surface area contributed by atoms with Crippen molar-refractivity contribution in [3.8, 4) is 0 Å². The molecule has 0 bridgehead atoms. The van der Waals surface area contributed by atoms with Gasteiger partial charge in [0.05, 0.1) is 11.4 Å². The highest BCUT2D eigenvalue weighted by Gasteiger charge is 2.25. The van der Waals surface area contributed by atoms with E-state index in [0.717, 1.165) is 35.9 Å². The van der Waals surface area contributed by atoms with Gasteiger partial charge in [0, 0.05) is 29.7 Å². The van der Waals surface area contributed by atoms with Crippen molar-refractivity contribution in [2.45, 2.75) is 19.4 Å². The molecule has 1 N–H and O–H groups in total. The third kappa shape index (κ3) is 3.01. The maximum atomic E-state index is 11.2. The number of pyridine rings is 1. The Morgan fingerprint density at radius 3 is 3.10 bits per heavy atom. The number of aliphatic carboxylic acids is 1. The first-order valence-electron chi connectivity index (χ1n) is 7.12. The Morgan fingerprint density at radius 2 is 2.29 bits per heavy atom. The van der Waals surface area contributed by atoms with Crippen LogP contribution in [0.5, 0.6) is 0 Å². The van der Waals surface area contributed by atoms with Gasteiger partial charge in [0.15, 0.2) is 0 Å². The highest BCUT2D eigenvalue weighted by Crippen LogP contribution is 2.27. The molecule has 0 amide bonds. The molecule has 110 valence electrons. The van der Waals surface area contributed by atoms with Crippen molar-refractivity contribution in [2.24, 2.45) is 5.92 Å². The molecule has 0 aliphatic carbocycles. The Kier molecular flexibility index (Phi) is 4.08. The first-order valence-corrected chi connectivity index (χ1v) is 7.50. The molecule has 1 aromatic carbocycles. The fourth-order valence-corrected chi connectivity index (χ4v) is 3.18. The van der Waals surface area contributed by atoms with E-state index in [1.165, 1.54) is 0 Å². The summed E-state index contributed by atoms with van der Waals surface area (Å²) in [5.41, 5.74) is 2.00. The Balaban J connectivity index is 1.85. The second-order valence-corrected chi connectivity index (χ2v) is 5.93. The maximum absolute atomic E-state index is 11.2. The summed E-state index contributed by atoms with van der Waals surface area (Å²) in [5, 5.41) is 10.8. The number of carboxylic acids is 1. The Bertz CT molecular complexity index is 674. The molecule has 1 fully saturated rings. The molecule has 2 heterocycles. The normalized spacial score (nSPS) is 19.8. The predicted octanol–water partition coefficient (Wildman–Crippen LogP) is 3.18. The zero-order valence-electron chi connectivity index (χ0n) is 11.6. The lowest BCUT2D eigenvalue weighted by Gasteiger charge is -2.30. The van der Waals surface area contributed by atoms with E-state index in [9.17, 15) is 9.90 Å². The summed E-state index contributed by atoms with van der Waals surface area (Å²) in [5.74, 6) is -0.955. The number of piperidine rings is 1. The van der Waals surface area contributed by atoms with Crippen molar-refractivity contribution >= 4 is 28.5 Å². The smallest absolute Gasteiger partial charge is 0.307 e. The largest absolute Gasteiger partial charge is 0.481 e. The molecule has 2 aromatic rings. The minimum absolute atomic E-state index is 0.259. The summed E-state index contributed by atoms with van der Waals surface area (Å²) in [6.45, 7) is 2.25. The van der Waals surface area contributed by atoms with Gasteiger partial charge < -0.3 is 5.11 Å².